The van der Waals surface area contributed by atoms with Crippen molar-refractivity contribution >= 4 is 11.3 Å². The second-order valence-corrected chi connectivity index (χ2v) is 4.74. The van der Waals surface area contributed by atoms with Crippen molar-refractivity contribution in [2.75, 3.05) is 0 Å². The summed E-state index contributed by atoms with van der Waals surface area (Å²) in [5.74, 6) is 0. The fourth-order valence-corrected chi connectivity index (χ4v) is 2.28. The van der Waals surface area contributed by atoms with E-state index < -0.39 is 0 Å². The molecule has 0 aliphatic heterocycles. The predicted octanol–water partition coefficient (Wildman–Crippen LogP) is 2.64. The molecule has 16 heavy (non-hydrogen) atoms. The van der Waals surface area contributed by atoms with Crippen LogP contribution in [0.4, 0.5) is 0 Å². The number of hydrogen-bond donors (Lipinski definition) is 1. The molecule has 2 aromatic heterocycles. The van der Waals surface area contributed by atoms with Crippen LogP contribution in [-0.2, 0) is 19.6 Å². The van der Waals surface area contributed by atoms with E-state index in [0.717, 1.165) is 19.6 Å². The topological polar surface area (TPSA) is 29.9 Å². The molecular formula is C12H17N3S. The van der Waals surface area contributed by atoms with E-state index >= 15 is 0 Å². The molecule has 0 atom stereocenters. The highest BCUT2D eigenvalue weighted by atomic mass is 32.1. The third-order valence-corrected chi connectivity index (χ3v) is 3.26. The fourth-order valence-electron chi connectivity index (χ4n) is 1.71. The summed E-state index contributed by atoms with van der Waals surface area (Å²) in [7, 11) is 0. The number of aryl methyl sites for hydroxylation is 1. The van der Waals surface area contributed by atoms with Gasteiger partial charge in [-0.1, -0.05) is 6.92 Å². The zero-order valence-corrected chi connectivity index (χ0v) is 10.3. The molecule has 0 spiro atoms. The van der Waals surface area contributed by atoms with Gasteiger partial charge >= 0.3 is 0 Å². The lowest BCUT2D eigenvalue weighted by atomic mass is 10.4. The number of nitrogens with zero attached hydrogens (tertiary/aromatic N) is 2. The van der Waals surface area contributed by atoms with Gasteiger partial charge in [-0.3, -0.25) is 4.98 Å². The Morgan fingerprint density at radius 3 is 3.12 bits per heavy atom. The van der Waals surface area contributed by atoms with Crippen LogP contribution in [0.15, 0.2) is 30.0 Å². The van der Waals surface area contributed by atoms with Gasteiger partial charge in [0.1, 0.15) is 0 Å². The first-order valence-corrected chi connectivity index (χ1v) is 6.50. The summed E-state index contributed by atoms with van der Waals surface area (Å²) in [6, 6.07) is 4.29. The highest BCUT2D eigenvalue weighted by Gasteiger charge is 2.00. The lowest BCUT2D eigenvalue weighted by Gasteiger charge is -2.08. The summed E-state index contributed by atoms with van der Waals surface area (Å²) >= 11 is 1.69. The molecule has 0 amide bonds. The van der Waals surface area contributed by atoms with Crippen molar-refractivity contribution in [1.29, 1.82) is 0 Å². The first kappa shape index (κ1) is 11.4. The van der Waals surface area contributed by atoms with Crippen LogP contribution in [0.2, 0.25) is 0 Å². The van der Waals surface area contributed by atoms with Crippen LogP contribution in [0.3, 0.4) is 0 Å². The van der Waals surface area contributed by atoms with Crippen LogP contribution < -0.4 is 5.32 Å². The largest absolute Gasteiger partial charge is 0.350 e. The molecule has 0 radical (unpaired) electrons. The second kappa shape index (κ2) is 5.82. The molecule has 0 unspecified atom stereocenters. The zero-order chi connectivity index (χ0) is 11.2. The lowest BCUT2D eigenvalue weighted by molar-refractivity contribution is 0.604. The van der Waals surface area contributed by atoms with E-state index in [-0.39, 0.29) is 0 Å². The number of thiazole rings is 1. The fraction of sp³-hybridized carbons (Fsp3) is 0.417. The van der Waals surface area contributed by atoms with Crippen LogP contribution in [0.1, 0.15) is 23.9 Å². The molecule has 2 aromatic rings. The van der Waals surface area contributed by atoms with Gasteiger partial charge in [0.15, 0.2) is 0 Å². The van der Waals surface area contributed by atoms with Gasteiger partial charge in [-0.15, -0.1) is 11.3 Å². The van der Waals surface area contributed by atoms with Crippen LogP contribution in [0, 0.1) is 0 Å². The Morgan fingerprint density at radius 2 is 2.38 bits per heavy atom. The maximum absolute atomic E-state index is 4.06. The molecular weight excluding hydrogens is 218 g/mol. The number of nitrogens with one attached hydrogen (secondary N) is 1. The van der Waals surface area contributed by atoms with Crippen molar-refractivity contribution < 1.29 is 0 Å². The minimum absolute atomic E-state index is 0.905. The lowest BCUT2D eigenvalue weighted by Crippen LogP contribution is -2.15. The Kier molecular flexibility index (Phi) is 4.13. The van der Waals surface area contributed by atoms with Crippen LogP contribution in [0.25, 0.3) is 0 Å². The first-order chi connectivity index (χ1) is 7.90. The van der Waals surface area contributed by atoms with Gasteiger partial charge in [-0.25, -0.2) is 0 Å². The molecule has 0 aromatic carbocycles. The van der Waals surface area contributed by atoms with E-state index in [4.69, 9.17) is 0 Å². The maximum Gasteiger partial charge on any atom is 0.0794 e. The summed E-state index contributed by atoms with van der Waals surface area (Å²) in [6.45, 7) is 5.13. The quantitative estimate of drug-likeness (QED) is 0.834. The van der Waals surface area contributed by atoms with Crippen molar-refractivity contribution in [2.24, 2.45) is 0 Å². The smallest absolute Gasteiger partial charge is 0.0794 e. The normalized spacial score (nSPS) is 10.8. The van der Waals surface area contributed by atoms with E-state index in [0.29, 0.717) is 0 Å². The number of hydrogen-bond acceptors (Lipinski definition) is 3. The average Bonchev–Trinajstić information content (AvgIpc) is 2.91. The Balaban J connectivity index is 1.82. The molecule has 0 aliphatic rings. The molecule has 0 saturated heterocycles. The minimum atomic E-state index is 0.905. The minimum Gasteiger partial charge on any atom is -0.350 e. The molecule has 0 fully saturated rings. The molecule has 0 saturated carbocycles. The zero-order valence-electron chi connectivity index (χ0n) is 9.52. The molecule has 0 bridgehead atoms. The molecule has 86 valence electrons. The van der Waals surface area contributed by atoms with Crippen LogP contribution in [-0.4, -0.2) is 9.55 Å². The van der Waals surface area contributed by atoms with Gasteiger partial charge < -0.3 is 9.88 Å². The molecule has 2 rings (SSSR count). The highest BCUT2D eigenvalue weighted by molar-refractivity contribution is 7.09. The number of aromatic nitrogens is 2. The second-order valence-electron chi connectivity index (χ2n) is 3.76. The molecule has 3 nitrogen and oxygen atoms in total. The van der Waals surface area contributed by atoms with Gasteiger partial charge in [0, 0.05) is 42.6 Å². The van der Waals surface area contributed by atoms with Gasteiger partial charge in [0.2, 0.25) is 0 Å². The van der Waals surface area contributed by atoms with Crippen molar-refractivity contribution in [3.63, 3.8) is 0 Å². The molecule has 2 heterocycles. The van der Waals surface area contributed by atoms with E-state index in [2.05, 4.69) is 40.1 Å². The Bertz CT molecular complexity index is 406. The summed E-state index contributed by atoms with van der Waals surface area (Å²) < 4.78 is 2.31. The van der Waals surface area contributed by atoms with E-state index in [1.54, 1.807) is 11.3 Å². The van der Waals surface area contributed by atoms with Crippen molar-refractivity contribution in [3.8, 4) is 0 Å². The van der Waals surface area contributed by atoms with Crippen LogP contribution >= 0.6 is 11.3 Å². The van der Waals surface area contributed by atoms with Crippen LogP contribution in [0.5, 0.6) is 0 Å². The standard InChI is InChI=1S/C12H17N3S/c1-2-5-15-6-3-4-11(15)7-13-8-12-9-14-10-16-12/h3-4,6,9-10,13H,2,5,7-8H2,1H3. The summed E-state index contributed by atoms with van der Waals surface area (Å²) in [4.78, 5) is 5.34. The summed E-state index contributed by atoms with van der Waals surface area (Å²) in [5.41, 5.74) is 3.22. The first-order valence-electron chi connectivity index (χ1n) is 5.62. The van der Waals surface area contributed by atoms with Crippen molar-refractivity contribution in [3.05, 3.63) is 40.6 Å². The van der Waals surface area contributed by atoms with Gasteiger partial charge in [0.05, 0.1) is 5.51 Å². The third kappa shape index (κ3) is 2.93. The molecule has 0 aliphatic carbocycles. The SMILES string of the molecule is CCCn1cccc1CNCc1cncs1. The third-order valence-electron chi connectivity index (χ3n) is 2.48. The summed E-state index contributed by atoms with van der Waals surface area (Å²) in [6.07, 6.45) is 5.24. The summed E-state index contributed by atoms with van der Waals surface area (Å²) in [5, 5.41) is 3.44. The Labute approximate surface area is 100 Å². The monoisotopic (exact) mass is 235 g/mol. The maximum atomic E-state index is 4.06. The van der Waals surface area contributed by atoms with E-state index in [9.17, 15) is 0 Å². The predicted molar refractivity (Wildman–Crippen MR) is 67.4 cm³/mol. The van der Waals surface area contributed by atoms with E-state index in [1.165, 1.54) is 17.0 Å². The molecule has 4 heteroatoms. The van der Waals surface area contributed by atoms with Gasteiger partial charge in [-0.05, 0) is 18.6 Å². The van der Waals surface area contributed by atoms with E-state index in [1.807, 2.05) is 11.7 Å². The Morgan fingerprint density at radius 1 is 1.44 bits per heavy atom. The highest BCUT2D eigenvalue weighted by Crippen LogP contribution is 2.06. The van der Waals surface area contributed by atoms with Gasteiger partial charge in [-0.2, -0.15) is 0 Å². The average molecular weight is 235 g/mol. The Hall–Kier alpha value is -1.13. The number of rotatable bonds is 6. The molecule has 1 N–H and O–H groups in total. The van der Waals surface area contributed by atoms with Crippen molar-refractivity contribution in [1.82, 2.24) is 14.9 Å². The van der Waals surface area contributed by atoms with Gasteiger partial charge in [0.25, 0.3) is 0 Å². The van der Waals surface area contributed by atoms with Crippen molar-refractivity contribution in [2.45, 2.75) is 33.0 Å².